The normalized spacial score (nSPS) is 12.3. The van der Waals surface area contributed by atoms with E-state index in [1.165, 1.54) is 22.2 Å². The monoisotopic (exact) mass is 400 g/mol. The molecule has 0 aliphatic carbocycles. The summed E-state index contributed by atoms with van der Waals surface area (Å²) < 4.78 is 7.06. The maximum atomic E-state index is 12.7. The van der Waals surface area contributed by atoms with E-state index >= 15 is 0 Å². The average Bonchev–Trinajstić information content (AvgIpc) is 2.96. The predicted molar refractivity (Wildman–Crippen MR) is 110 cm³/mol. The molecule has 28 heavy (non-hydrogen) atoms. The fraction of sp³-hybridized carbons (Fsp3) is 0.381. The van der Waals surface area contributed by atoms with Crippen LogP contribution in [0.2, 0.25) is 0 Å². The highest BCUT2D eigenvalue weighted by molar-refractivity contribution is 7.18. The molecule has 7 heteroatoms. The zero-order chi connectivity index (χ0) is 20.3. The minimum absolute atomic E-state index is 0.0684. The third-order valence-corrected chi connectivity index (χ3v) is 5.81. The molecule has 3 aromatic rings. The van der Waals surface area contributed by atoms with Crippen LogP contribution < -0.4 is 10.3 Å². The zero-order valence-corrected chi connectivity index (χ0v) is 17.1. The van der Waals surface area contributed by atoms with Gasteiger partial charge in [0.25, 0.3) is 5.56 Å². The lowest BCUT2D eigenvalue weighted by Crippen LogP contribution is -2.30. The molecule has 0 bridgehead atoms. The number of nitrogens with zero attached hydrogens (tertiary/aromatic N) is 2. The minimum atomic E-state index is -0.839. The second-order valence-electron chi connectivity index (χ2n) is 6.98. The summed E-state index contributed by atoms with van der Waals surface area (Å²) in [7, 11) is 0. The Morgan fingerprint density at radius 3 is 2.68 bits per heavy atom. The van der Waals surface area contributed by atoms with E-state index in [4.69, 9.17) is 4.74 Å². The highest BCUT2D eigenvalue weighted by Gasteiger charge is 2.14. The molecule has 1 aromatic carbocycles. The van der Waals surface area contributed by atoms with Crippen molar-refractivity contribution in [2.45, 2.75) is 46.3 Å². The van der Waals surface area contributed by atoms with Crippen molar-refractivity contribution >= 4 is 27.3 Å². The Labute approximate surface area is 167 Å². The van der Waals surface area contributed by atoms with Crippen LogP contribution in [0.15, 0.2) is 35.4 Å². The molecular formula is C21H24N2O4S. The van der Waals surface area contributed by atoms with Crippen molar-refractivity contribution < 1.29 is 14.6 Å². The lowest BCUT2D eigenvalue weighted by atomic mass is 10.1. The number of thiophene rings is 1. The molecule has 3 rings (SSSR count). The van der Waals surface area contributed by atoms with Gasteiger partial charge in [-0.25, -0.2) is 4.98 Å². The van der Waals surface area contributed by atoms with Crippen LogP contribution >= 0.6 is 11.3 Å². The van der Waals surface area contributed by atoms with Gasteiger partial charge in [-0.1, -0.05) is 12.1 Å². The number of aryl methyl sites for hydroxylation is 3. The molecule has 1 N–H and O–H groups in total. The number of aromatic nitrogens is 2. The Kier molecular flexibility index (Phi) is 6.26. The molecule has 6 nitrogen and oxygen atoms in total. The van der Waals surface area contributed by atoms with Crippen molar-refractivity contribution in [2.24, 2.45) is 0 Å². The summed E-state index contributed by atoms with van der Waals surface area (Å²) in [5.74, 6) is 0.801. The molecule has 2 aromatic heterocycles. The maximum Gasteiger partial charge on any atom is 0.262 e. The van der Waals surface area contributed by atoms with E-state index in [-0.39, 0.29) is 24.5 Å². The molecule has 0 saturated heterocycles. The van der Waals surface area contributed by atoms with Gasteiger partial charge in [0.15, 0.2) is 0 Å². The Bertz CT molecular complexity index is 1040. The number of fused-ring (bicyclic) bond motifs is 1. The van der Waals surface area contributed by atoms with E-state index < -0.39 is 6.10 Å². The van der Waals surface area contributed by atoms with Crippen molar-refractivity contribution in [3.63, 3.8) is 0 Å². The average molecular weight is 401 g/mol. The fourth-order valence-electron chi connectivity index (χ4n) is 2.94. The van der Waals surface area contributed by atoms with Crippen molar-refractivity contribution in [3.8, 4) is 5.75 Å². The SMILES string of the molecule is CC(=O)CCc1ccc(OCC(O)Cn2cnc3sc(C)c(C)c3c2=O)cc1. The molecule has 0 radical (unpaired) electrons. The minimum Gasteiger partial charge on any atom is -0.491 e. The van der Waals surface area contributed by atoms with Gasteiger partial charge in [0.2, 0.25) is 0 Å². The largest absolute Gasteiger partial charge is 0.491 e. The number of Topliss-reactive ketones (excluding diaryl/α,β-unsaturated/α-hetero) is 1. The Balaban J connectivity index is 1.60. The lowest BCUT2D eigenvalue weighted by Gasteiger charge is -2.14. The first-order valence-electron chi connectivity index (χ1n) is 9.19. The number of aliphatic hydroxyl groups excluding tert-OH is 1. The highest BCUT2D eigenvalue weighted by Crippen LogP contribution is 2.25. The number of aliphatic hydroxyl groups is 1. The molecule has 0 amide bonds. The first kappa shape index (κ1) is 20.2. The van der Waals surface area contributed by atoms with E-state index in [2.05, 4.69) is 4.98 Å². The standard InChI is InChI=1S/C21H24N2O4S/c1-13(24)4-5-16-6-8-18(9-7-16)27-11-17(25)10-23-12-22-20-19(21(23)26)14(2)15(3)28-20/h6-9,12,17,25H,4-5,10-11H2,1-3H3. The van der Waals surface area contributed by atoms with Gasteiger partial charge >= 0.3 is 0 Å². The van der Waals surface area contributed by atoms with E-state index in [1.807, 2.05) is 38.1 Å². The van der Waals surface area contributed by atoms with E-state index in [1.54, 1.807) is 6.92 Å². The number of ketones is 1. The summed E-state index contributed by atoms with van der Waals surface area (Å²) in [6.45, 7) is 5.66. The third-order valence-electron chi connectivity index (χ3n) is 4.69. The molecule has 0 saturated carbocycles. The summed E-state index contributed by atoms with van der Waals surface area (Å²) in [4.78, 5) is 29.9. The quantitative estimate of drug-likeness (QED) is 0.629. The Morgan fingerprint density at radius 1 is 1.29 bits per heavy atom. The summed E-state index contributed by atoms with van der Waals surface area (Å²) in [5.41, 5.74) is 1.87. The summed E-state index contributed by atoms with van der Waals surface area (Å²) >= 11 is 1.50. The van der Waals surface area contributed by atoms with E-state index in [0.717, 1.165) is 20.8 Å². The summed E-state index contributed by atoms with van der Waals surface area (Å²) in [6.07, 6.45) is 1.87. The molecular weight excluding hydrogens is 376 g/mol. The van der Waals surface area contributed by atoms with Gasteiger partial charge in [-0.3, -0.25) is 9.36 Å². The first-order valence-corrected chi connectivity index (χ1v) is 10.0. The van der Waals surface area contributed by atoms with Crippen LogP contribution in [0.1, 0.15) is 29.3 Å². The molecule has 2 heterocycles. The van der Waals surface area contributed by atoms with Crippen molar-refractivity contribution in [2.75, 3.05) is 6.61 Å². The Morgan fingerprint density at radius 2 is 2.00 bits per heavy atom. The molecule has 0 spiro atoms. The van der Waals surface area contributed by atoms with E-state index in [9.17, 15) is 14.7 Å². The summed E-state index contributed by atoms with van der Waals surface area (Å²) in [6, 6.07) is 7.46. The van der Waals surface area contributed by atoms with Gasteiger partial charge in [-0.2, -0.15) is 0 Å². The lowest BCUT2D eigenvalue weighted by molar-refractivity contribution is -0.116. The van der Waals surface area contributed by atoms with Crippen LogP contribution in [-0.2, 0) is 17.8 Å². The van der Waals surface area contributed by atoms with Gasteiger partial charge in [-0.05, 0) is 50.5 Å². The molecule has 1 unspecified atom stereocenters. The summed E-state index contributed by atoms with van der Waals surface area (Å²) in [5, 5.41) is 10.9. The van der Waals surface area contributed by atoms with Gasteiger partial charge in [0.1, 0.15) is 29.1 Å². The predicted octanol–water partition coefficient (Wildman–Crippen LogP) is 3.04. The molecule has 1 atom stereocenters. The third kappa shape index (κ3) is 4.66. The zero-order valence-electron chi connectivity index (χ0n) is 16.3. The second kappa shape index (κ2) is 8.67. The van der Waals surface area contributed by atoms with Crippen LogP contribution in [0.4, 0.5) is 0 Å². The van der Waals surface area contributed by atoms with Crippen LogP contribution in [0, 0.1) is 13.8 Å². The maximum absolute atomic E-state index is 12.7. The van der Waals surface area contributed by atoms with Crippen molar-refractivity contribution in [3.05, 3.63) is 57.0 Å². The number of rotatable bonds is 8. The van der Waals surface area contributed by atoms with E-state index in [0.29, 0.717) is 24.0 Å². The first-order chi connectivity index (χ1) is 13.3. The number of benzene rings is 1. The van der Waals surface area contributed by atoms with Crippen LogP contribution in [0.3, 0.4) is 0 Å². The topological polar surface area (TPSA) is 81.4 Å². The number of ether oxygens (including phenoxy) is 1. The van der Waals surface area contributed by atoms with Crippen LogP contribution in [-0.4, -0.2) is 33.2 Å². The number of carbonyl (C=O) groups excluding carboxylic acids is 1. The van der Waals surface area contributed by atoms with Crippen LogP contribution in [0.25, 0.3) is 10.2 Å². The second-order valence-corrected chi connectivity index (χ2v) is 8.18. The van der Waals surface area contributed by atoms with Crippen molar-refractivity contribution in [1.29, 1.82) is 0 Å². The number of hydrogen-bond donors (Lipinski definition) is 1. The smallest absolute Gasteiger partial charge is 0.262 e. The molecule has 0 fully saturated rings. The highest BCUT2D eigenvalue weighted by atomic mass is 32.1. The number of carbonyl (C=O) groups is 1. The van der Waals surface area contributed by atoms with Gasteiger partial charge in [0, 0.05) is 11.3 Å². The van der Waals surface area contributed by atoms with Gasteiger partial charge < -0.3 is 14.6 Å². The number of hydrogen-bond acceptors (Lipinski definition) is 6. The Hall–Kier alpha value is -2.51. The van der Waals surface area contributed by atoms with Gasteiger partial charge in [-0.15, -0.1) is 11.3 Å². The molecule has 148 valence electrons. The molecule has 0 aliphatic rings. The fourth-order valence-corrected chi connectivity index (χ4v) is 3.93. The van der Waals surface area contributed by atoms with Gasteiger partial charge in [0.05, 0.1) is 18.3 Å². The van der Waals surface area contributed by atoms with Crippen molar-refractivity contribution in [1.82, 2.24) is 9.55 Å². The van der Waals surface area contributed by atoms with Crippen LogP contribution in [0.5, 0.6) is 5.75 Å². The molecule has 0 aliphatic heterocycles.